The fraction of sp³-hybridized carbons (Fsp3) is 0.562. The van der Waals surface area contributed by atoms with Crippen LogP contribution in [0.1, 0.15) is 50.1 Å². The molecular formula is C16H22N2S2. The van der Waals surface area contributed by atoms with Crippen molar-refractivity contribution in [3.8, 4) is 0 Å². The van der Waals surface area contributed by atoms with Crippen molar-refractivity contribution in [1.82, 2.24) is 10.6 Å². The number of hydrogen-bond donors (Lipinski definition) is 2. The fourth-order valence-corrected chi connectivity index (χ4v) is 4.56. The van der Waals surface area contributed by atoms with E-state index in [9.17, 15) is 0 Å². The minimum Gasteiger partial charge on any atom is -0.360 e. The molecule has 1 aliphatic carbocycles. The molecular weight excluding hydrogens is 284 g/mol. The molecule has 0 saturated heterocycles. The summed E-state index contributed by atoms with van der Waals surface area (Å²) < 4.78 is 0. The highest BCUT2D eigenvalue weighted by Crippen LogP contribution is 2.35. The Morgan fingerprint density at radius 1 is 1.05 bits per heavy atom. The highest BCUT2D eigenvalue weighted by atomic mass is 32.2. The van der Waals surface area contributed by atoms with Crippen LogP contribution in [0.3, 0.4) is 0 Å². The van der Waals surface area contributed by atoms with Crippen LogP contribution in [0.25, 0.3) is 0 Å². The summed E-state index contributed by atoms with van der Waals surface area (Å²) in [6.45, 7) is 0. The first kappa shape index (κ1) is 14.2. The van der Waals surface area contributed by atoms with Crippen LogP contribution in [0.5, 0.6) is 0 Å². The van der Waals surface area contributed by atoms with Gasteiger partial charge in [-0.05, 0) is 43.1 Å². The van der Waals surface area contributed by atoms with Gasteiger partial charge in [0.1, 0.15) is 0 Å². The quantitative estimate of drug-likeness (QED) is 0.806. The van der Waals surface area contributed by atoms with E-state index in [0.717, 1.165) is 11.5 Å². The molecule has 1 fully saturated rings. The van der Waals surface area contributed by atoms with Gasteiger partial charge in [0, 0.05) is 16.7 Å². The van der Waals surface area contributed by atoms with E-state index >= 15 is 0 Å². The van der Waals surface area contributed by atoms with Gasteiger partial charge < -0.3 is 10.6 Å². The third kappa shape index (κ3) is 3.47. The molecule has 0 unspecified atom stereocenters. The predicted molar refractivity (Wildman–Crippen MR) is 90.3 cm³/mol. The molecule has 20 heavy (non-hydrogen) atoms. The van der Waals surface area contributed by atoms with Crippen molar-refractivity contribution in [2.24, 2.45) is 0 Å². The third-order valence-corrected chi connectivity index (χ3v) is 5.56. The maximum absolute atomic E-state index is 5.52. The molecule has 3 rings (SSSR count). The second kappa shape index (κ2) is 6.81. The predicted octanol–water partition coefficient (Wildman–Crippen LogP) is 4.02. The normalized spacial score (nSPS) is 22.9. The standard InChI is InChI=1S/C16H22N2S2/c19-16(17-12-6-2-1-3-7-12)18-14-10-11-20-15-9-5-4-8-13(14)15/h4-5,8-9,12,14H,1-3,6-7,10-11H2,(H2,17,18,19)/t14-/m0/s1. The third-order valence-electron chi connectivity index (χ3n) is 4.20. The van der Waals surface area contributed by atoms with E-state index in [4.69, 9.17) is 12.2 Å². The molecule has 2 aliphatic rings. The van der Waals surface area contributed by atoms with E-state index in [-0.39, 0.29) is 0 Å². The number of thiocarbonyl (C=S) groups is 1. The lowest BCUT2D eigenvalue weighted by Gasteiger charge is -2.29. The number of fused-ring (bicyclic) bond motifs is 1. The van der Waals surface area contributed by atoms with Crippen LogP contribution in [0.2, 0.25) is 0 Å². The first-order valence-corrected chi connectivity index (χ1v) is 9.01. The maximum atomic E-state index is 5.52. The molecule has 2 N–H and O–H groups in total. The summed E-state index contributed by atoms with van der Waals surface area (Å²) in [7, 11) is 0. The number of benzene rings is 1. The van der Waals surface area contributed by atoms with E-state index in [2.05, 4.69) is 34.9 Å². The average molecular weight is 306 g/mol. The van der Waals surface area contributed by atoms with Crippen LogP contribution in [0.15, 0.2) is 29.2 Å². The number of thioether (sulfide) groups is 1. The molecule has 0 aromatic heterocycles. The molecule has 1 aromatic rings. The zero-order valence-corrected chi connectivity index (χ0v) is 13.4. The molecule has 1 aromatic carbocycles. The molecule has 108 valence electrons. The molecule has 4 heteroatoms. The topological polar surface area (TPSA) is 24.1 Å². The summed E-state index contributed by atoms with van der Waals surface area (Å²) in [6.07, 6.45) is 7.73. The second-order valence-electron chi connectivity index (χ2n) is 5.68. The van der Waals surface area contributed by atoms with E-state index < -0.39 is 0 Å². The van der Waals surface area contributed by atoms with Gasteiger partial charge in [0.2, 0.25) is 0 Å². The Bertz CT molecular complexity index is 469. The van der Waals surface area contributed by atoms with Crippen molar-refractivity contribution in [2.75, 3.05) is 5.75 Å². The molecule has 1 saturated carbocycles. The van der Waals surface area contributed by atoms with Crippen molar-refractivity contribution in [2.45, 2.75) is 55.5 Å². The summed E-state index contributed by atoms with van der Waals surface area (Å²) in [5.74, 6) is 1.17. The molecule has 1 atom stereocenters. The summed E-state index contributed by atoms with van der Waals surface area (Å²) in [4.78, 5) is 1.40. The fourth-order valence-electron chi connectivity index (χ4n) is 3.12. The van der Waals surface area contributed by atoms with E-state index in [1.165, 1.54) is 48.3 Å². The minimum absolute atomic E-state index is 0.371. The van der Waals surface area contributed by atoms with Crippen molar-refractivity contribution in [3.63, 3.8) is 0 Å². The Hall–Kier alpha value is -0.740. The molecule has 0 radical (unpaired) electrons. The van der Waals surface area contributed by atoms with Gasteiger partial charge >= 0.3 is 0 Å². The highest BCUT2D eigenvalue weighted by Gasteiger charge is 2.22. The first-order valence-electron chi connectivity index (χ1n) is 7.62. The van der Waals surface area contributed by atoms with E-state index in [0.29, 0.717) is 12.1 Å². The molecule has 0 spiro atoms. The van der Waals surface area contributed by atoms with E-state index in [1.807, 2.05) is 11.8 Å². The van der Waals surface area contributed by atoms with Crippen molar-refractivity contribution in [3.05, 3.63) is 29.8 Å². The van der Waals surface area contributed by atoms with Gasteiger partial charge in [-0.15, -0.1) is 11.8 Å². The van der Waals surface area contributed by atoms with Crippen molar-refractivity contribution in [1.29, 1.82) is 0 Å². The number of nitrogens with one attached hydrogen (secondary N) is 2. The van der Waals surface area contributed by atoms with E-state index in [1.54, 1.807) is 0 Å². The zero-order valence-electron chi connectivity index (χ0n) is 11.7. The molecule has 2 nitrogen and oxygen atoms in total. The molecule has 1 heterocycles. The molecule has 0 bridgehead atoms. The van der Waals surface area contributed by atoms with Crippen LogP contribution >= 0.6 is 24.0 Å². The minimum atomic E-state index is 0.371. The van der Waals surface area contributed by atoms with Gasteiger partial charge in [0.05, 0.1) is 6.04 Å². The lowest BCUT2D eigenvalue weighted by molar-refractivity contribution is 0.410. The van der Waals surface area contributed by atoms with Crippen LogP contribution < -0.4 is 10.6 Å². The zero-order chi connectivity index (χ0) is 13.8. The Balaban J connectivity index is 1.59. The largest absolute Gasteiger partial charge is 0.360 e. The Kier molecular flexibility index (Phi) is 4.84. The summed E-state index contributed by atoms with van der Waals surface area (Å²) in [5.41, 5.74) is 1.40. The van der Waals surface area contributed by atoms with Crippen LogP contribution in [-0.2, 0) is 0 Å². The average Bonchev–Trinajstić information content (AvgIpc) is 2.48. The maximum Gasteiger partial charge on any atom is 0.166 e. The van der Waals surface area contributed by atoms with Crippen LogP contribution in [-0.4, -0.2) is 16.9 Å². The van der Waals surface area contributed by atoms with Crippen LogP contribution in [0, 0.1) is 0 Å². The summed E-state index contributed by atoms with van der Waals surface area (Å²) in [5, 5.41) is 7.88. The monoisotopic (exact) mass is 306 g/mol. The van der Waals surface area contributed by atoms with Crippen molar-refractivity contribution >= 4 is 29.1 Å². The smallest absolute Gasteiger partial charge is 0.166 e. The number of hydrogen-bond acceptors (Lipinski definition) is 2. The van der Waals surface area contributed by atoms with Crippen LogP contribution in [0.4, 0.5) is 0 Å². The molecule has 1 aliphatic heterocycles. The van der Waals surface area contributed by atoms with Gasteiger partial charge in [0.15, 0.2) is 5.11 Å². The van der Waals surface area contributed by atoms with Gasteiger partial charge in [-0.2, -0.15) is 0 Å². The van der Waals surface area contributed by atoms with Gasteiger partial charge in [-0.3, -0.25) is 0 Å². The highest BCUT2D eigenvalue weighted by molar-refractivity contribution is 7.99. The first-order chi connectivity index (χ1) is 9.83. The Morgan fingerprint density at radius 2 is 1.85 bits per heavy atom. The van der Waals surface area contributed by atoms with Gasteiger partial charge in [-0.1, -0.05) is 37.5 Å². The summed E-state index contributed by atoms with van der Waals surface area (Å²) in [6, 6.07) is 9.63. The second-order valence-corrected chi connectivity index (χ2v) is 7.23. The Labute approximate surface area is 131 Å². The molecule has 0 amide bonds. The number of rotatable bonds is 2. The summed E-state index contributed by atoms with van der Waals surface area (Å²) >= 11 is 7.47. The lowest BCUT2D eigenvalue weighted by Crippen LogP contribution is -2.44. The SMILES string of the molecule is S=C(NC1CCCCC1)N[C@H]1CCSc2ccccc21. The van der Waals surface area contributed by atoms with Crippen molar-refractivity contribution < 1.29 is 0 Å². The Morgan fingerprint density at radius 3 is 2.70 bits per heavy atom. The van der Waals surface area contributed by atoms with Gasteiger partial charge in [-0.25, -0.2) is 0 Å². The lowest BCUT2D eigenvalue weighted by atomic mass is 9.96. The van der Waals surface area contributed by atoms with Gasteiger partial charge in [0.25, 0.3) is 0 Å².